The number of nitrogens with one attached hydrogen (secondary N) is 2. The molecule has 0 bridgehead atoms. The molecule has 6 nitrogen and oxygen atoms in total. The topological polar surface area (TPSA) is 73.4 Å². The number of benzene rings is 1. The molecule has 0 fully saturated rings. The first kappa shape index (κ1) is 19.1. The molecule has 0 saturated carbocycles. The SMILES string of the molecule is CCN(CC)c1ccc(/C=N\NC(=O)c2cc(-c3ccc(Cl)s3)[nH]n2)cc1. The fraction of sp³-hybridized carbons (Fsp3) is 0.211. The third-order valence-corrected chi connectivity index (χ3v) is 5.31. The van der Waals surface area contributed by atoms with Crippen molar-refractivity contribution < 1.29 is 4.79 Å². The van der Waals surface area contributed by atoms with E-state index >= 15 is 0 Å². The largest absolute Gasteiger partial charge is 0.372 e. The summed E-state index contributed by atoms with van der Waals surface area (Å²) in [6.45, 7) is 6.18. The summed E-state index contributed by atoms with van der Waals surface area (Å²) in [4.78, 5) is 15.4. The van der Waals surface area contributed by atoms with Crippen LogP contribution < -0.4 is 10.3 Å². The number of H-pyrrole nitrogens is 1. The molecule has 0 unspecified atom stereocenters. The molecule has 0 aliphatic heterocycles. The maximum absolute atomic E-state index is 12.2. The molecule has 8 heteroatoms. The number of aromatic amines is 1. The number of amides is 1. The van der Waals surface area contributed by atoms with E-state index < -0.39 is 0 Å². The average molecular weight is 402 g/mol. The van der Waals surface area contributed by atoms with Crippen molar-refractivity contribution in [2.75, 3.05) is 18.0 Å². The zero-order chi connectivity index (χ0) is 19.2. The standard InChI is InChI=1S/C19H20ClN5OS/c1-3-25(4-2)14-7-5-13(6-8-14)12-21-24-19(26)16-11-15(22-23-16)17-9-10-18(20)27-17/h5-12H,3-4H2,1-2H3,(H,22,23)(H,24,26)/b21-12-. The summed E-state index contributed by atoms with van der Waals surface area (Å²) in [5.74, 6) is -0.379. The second-order valence-electron chi connectivity index (χ2n) is 5.73. The minimum atomic E-state index is -0.379. The Morgan fingerprint density at radius 3 is 2.63 bits per heavy atom. The highest BCUT2D eigenvalue weighted by Gasteiger charge is 2.12. The maximum Gasteiger partial charge on any atom is 0.291 e. The number of halogens is 1. The van der Waals surface area contributed by atoms with E-state index in [4.69, 9.17) is 11.6 Å². The van der Waals surface area contributed by atoms with Gasteiger partial charge in [-0.1, -0.05) is 23.7 Å². The summed E-state index contributed by atoms with van der Waals surface area (Å²) >= 11 is 7.35. The van der Waals surface area contributed by atoms with Gasteiger partial charge in [0.05, 0.1) is 21.1 Å². The van der Waals surface area contributed by atoms with Crippen molar-refractivity contribution in [3.05, 3.63) is 58.1 Å². The lowest BCUT2D eigenvalue weighted by Gasteiger charge is -2.20. The van der Waals surface area contributed by atoms with Gasteiger partial charge in [0, 0.05) is 18.8 Å². The molecular weight excluding hydrogens is 382 g/mol. The molecule has 0 radical (unpaired) electrons. The third-order valence-electron chi connectivity index (χ3n) is 4.05. The van der Waals surface area contributed by atoms with Gasteiger partial charge in [-0.2, -0.15) is 10.2 Å². The van der Waals surface area contributed by atoms with Crippen LogP contribution in [0.4, 0.5) is 5.69 Å². The Morgan fingerprint density at radius 1 is 1.26 bits per heavy atom. The van der Waals surface area contributed by atoms with Crippen molar-refractivity contribution in [2.45, 2.75) is 13.8 Å². The molecule has 2 N–H and O–H groups in total. The predicted molar refractivity (Wildman–Crippen MR) is 112 cm³/mol. The van der Waals surface area contributed by atoms with Crippen molar-refractivity contribution in [1.29, 1.82) is 0 Å². The fourth-order valence-corrected chi connectivity index (χ4v) is 3.62. The molecule has 140 valence electrons. The van der Waals surface area contributed by atoms with Gasteiger partial charge in [0.25, 0.3) is 5.91 Å². The lowest BCUT2D eigenvalue weighted by Crippen LogP contribution is -2.21. The van der Waals surface area contributed by atoms with Crippen LogP contribution in [0, 0.1) is 0 Å². The van der Waals surface area contributed by atoms with E-state index in [0.717, 1.165) is 29.2 Å². The van der Waals surface area contributed by atoms with Crippen molar-refractivity contribution >= 4 is 40.7 Å². The van der Waals surface area contributed by atoms with Crippen LogP contribution in [0.3, 0.4) is 0 Å². The second kappa shape index (κ2) is 8.83. The highest BCUT2D eigenvalue weighted by molar-refractivity contribution is 7.19. The van der Waals surface area contributed by atoms with Gasteiger partial charge in [0.1, 0.15) is 0 Å². The van der Waals surface area contributed by atoms with Crippen LogP contribution in [0.2, 0.25) is 4.34 Å². The van der Waals surface area contributed by atoms with E-state index in [-0.39, 0.29) is 11.6 Å². The number of anilines is 1. The molecule has 0 aliphatic rings. The minimum Gasteiger partial charge on any atom is -0.372 e. The van der Waals surface area contributed by atoms with E-state index in [1.165, 1.54) is 17.0 Å². The molecule has 27 heavy (non-hydrogen) atoms. The van der Waals surface area contributed by atoms with E-state index in [0.29, 0.717) is 4.34 Å². The van der Waals surface area contributed by atoms with Crippen LogP contribution in [-0.2, 0) is 0 Å². The summed E-state index contributed by atoms with van der Waals surface area (Å²) in [5.41, 5.74) is 5.57. The van der Waals surface area contributed by atoms with Crippen molar-refractivity contribution in [1.82, 2.24) is 15.6 Å². The quantitative estimate of drug-likeness (QED) is 0.455. The van der Waals surface area contributed by atoms with Gasteiger partial charge >= 0.3 is 0 Å². The first-order valence-electron chi connectivity index (χ1n) is 8.60. The van der Waals surface area contributed by atoms with E-state index in [2.05, 4.69) is 39.5 Å². The van der Waals surface area contributed by atoms with E-state index in [1.54, 1.807) is 18.3 Å². The van der Waals surface area contributed by atoms with Gasteiger partial charge < -0.3 is 4.90 Å². The van der Waals surface area contributed by atoms with E-state index in [9.17, 15) is 4.79 Å². The lowest BCUT2D eigenvalue weighted by atomic mass is 10.2. The molecule has 2 aromatic heterocycles. The number of carbonyl (C=O) groups excluding carboxylic acids is 1. The Hall–Kier alpha value is -2.64. The molecule has 3 rings (SSSR count). The van der Waals surface area contributed by atoms with Gasteiger partial charge in [-0.05, 0) is 49.7 Å². The number of rotatable bonds is 7. The van der Waals surface area contributed by atoms with Gasteiger partial charge in [-0.25, -0.2) is 5.43 Å². The second-order valence-corrected chi connectivity index (χ2v) is 7.45. The average Bonchev–Trinajstić information content (AvgIpc) is 3.33. The summed E-state index contributed by atoms with van der Waals surface area (Å²) in [7, 11) is 0. The van der Waals surface area contributed by atoms with Gasteiger partial charge in [0.2, 0.25) is 0 Å². The number of hydrogen-bond donors (Lipinski definition) is 2. The van der Waals surface area contributed by atoms with Gasteiger partial charge in [-0.15, -0.1) is 11.3 Å². The molecular formula is C19H20ClN5OS. The highest BCUT2D eigenvalue weighted by atomic mass is 35.5. The normalized spacial score (nSPS) is 11.1. The molecule has 0 spiro atoms. The monoisotopic (exact) mass is 401 g/mol. The summed E-state index contributed by atoms with van der Waals surface area (Å²) in [5, 5.41) is 10.9. The Bertz CT molecular complexity index is 928. The molecule has 0 atom stereocenters. The molecule has 1 amide bonds. The maximum atomic E-state index is 12.2. The first-order chi connectivity index (χ1) is 13.1. The molecule has 2 heterocycles. The van der Waals surface area contributed by atoms with E-state index in [1.807, 2.05) is 30.3 Å². The van der Waals surface area contributed by atoms with Crippen LogP contribution in [0.5, 0.6) is 0 Å². The highest BCUT2D eigenvalue weighted by Crippen LogP contribution is 2.29. The van der Waals surface area contributed by atoms with Gasteiger partial charge in [-0.3, -0.25) is 9.89 Å². The Kier molecular flexibility index (Phi) is 6.26. The van der Waals surface area contributed by atoms with Gasteiger partial charge in [0.15, 0.2) is 5.69 Å². The van der Waals surface area contributed by atoms with Crippen LogP contribution in [0.15, 0.2) is 47.6 Å². The number of nitrogens with zero attached hydrogens (tertiary/aromatic N) is 3. The number of thiophene rings is 1. The van der Waals surface area contributed by atoms with Crippen LogP contribution in [0.1, 0.15) is 29.9 Å². The Labute approximate surface area is 166 Å². The fourth-order valence-electron chi connectivity index (χ4n) is 2.61. The lowest BCUT2D eigenvalue weighted by molar-refractivity contribution is 0.0950. The zero-order valence-corrected chi connectivity index (χ0v) is 16.6. The molecule has 1 aromatic carbocycles. The van der Waals surface area contributed by atoms with Crippen LogP contribution in [-0.4, -0.2) is 35.4 Å². The predicted octanol–water partition coefficient (Wildman–Crippen LogP) is 4.40. The zero-order valence-electron chi connectivity index (χ0n) is 15.1. The van der Waals surface area contributed by atoms with Crippen LogP contribution in [0.25, 0.3) is 10.6 Å². The number of hydrogen-bond acceptors (Lipinski definition) is 5. The number of aromatic nitrogens is 2. The third kappa shape index (κ3) is 4.75. The smallest absolute Gasteiger partial charge is 0.291 e. The number of hydrazone groups is 1. The summed E-state index contributed by atoms with van der Waals surface area (Å²) in [6, 6.07) is 13.4. The Balaban J connectivity index is 1.59. The van der Waals surface area contributed by atoms with Crippen molar-refractivity contribution in [3.63, 3.8) is 0 Å². The molecule has 3 aromatic rings. The minimum absolute atomic E-state index is 0.267. The van der Waals surface area contributed by atoms with Crippen molar-refractivity contribution in [2.24, 2.45) is 5.10 Å². The molecule has 0 aliphatic carbocycles. The van der Waals surface area contributed by atoms with Crippen molar-refractivity contribution in [3.8, 4) is 10.6 Å². The Morgan fingerprint density at radius 2 is 2.00 bits per heavy atom. The van der Waals surface area contributed by atoms with Crippen LogP contribution >= 0.6 is 22.9 Å². The summed E-state index contributed by atoms with van der Waals surface area (Å²) in [6.07, 6.45) is 1.61. The first-order valence-corrected chi connectivity index (χ1v) is 9.79. The molecule has 0 saturated heterocycles. The number of carbonyl (C=O) groups is 1. The summed E-state index contributed by atoms with van der Waals surface area (Å²) < 4.78 is 0.683.